The number of hydrogen-bond acceptors (Lipinski definition) is 3. The summed E-state index contributed by atoms with van der Waals surface area (Å²) in [6.45, 7) is 0.702. The van der Waals surface area contributed by atoms with Crippen LogP contribution in [0, 0.1) is 0 Å². The van der Waals surface area contributed by atoms with E-state index in [9.17, 15) is 9.59 Å². The maximum atomic E-state index is 12.3. The molecule has 3 amide bonds. The number of rotatable bonds is 2. The van der Waals surface area contributed by atoms with Gasteiger partial charge in [0, 0.05) is 12.1 Å². The van der Waals surface area contributed by atoms with E-state index in [1.807, 2.05) is 17.5 Å². The SMILES string of the molecule is O=C(NNC(=O)N1CCC[C@H]1c1ccsc1)c1ccccc1. The number of carbonyl (C=O) groups excluding carboxylic acids is 2. The summed E-state index contributed by atoms with van der Waals surface area (Å²) < 4.78 is 0. The summed E-state index contributed by atoms with van der Waals surface area (Å²) in [4.78, 5) is 26.0. The van der Waals surface area contributed by atoms with Gasteiger partial charge in [0.05, 0.1) is 6.04 Å². The van der Waals surface area contributed by atoms with E-state index in [0.717, 1.165) is 18.4 Å². The van der Waals surface area contributed by atoms with Crippen LogP contribution < -0.4 is 10.9 Å². The van der Waals surface area contributed by atoms with Gasteiger partial charge in [0.2, 0.25) is 0 Å². The van der Waals surface area contributed by atoms with Crippen molar-refractivity contribution in [2.45, 2.75) is 18.9 Å². The molecule has 2 heterocycles. The first-order chi connectivity index (χ1) is 10.8. The van der Waals surface area contributed by atoms with Gasteiger partial charge in [0.1, 0.15) is 0 Å². The van der Waals surface area contributed by atoms with Gasteiger partial charge < -0.3 is 4.90 Å². The summed E-state index contributed by atoms with van der Waals surface area (Å²) in [5.74, 6) is -0.319. The highest BCUT2D eigenvalue weighted by Gasteiger charge is 2.30. The van der Waals surface area contributed by atoms with Crippen molar-refractivity contribution in [3.8, 4) is 0 Å². The summed E-state index contributed by atoms with van der Waals surface area (Å²) in [6, 6.07) is 10.7. The fourth-order valence-electron chi connectivity index (χ4n) is 2.66. The van der Waals surface area contributed by atoms with Gasteiger partial charge in [0.15, 0.2) is 0 Å². The quantitative estimate of drug-likeness (QED) is 0.837. The Bertz CT molecular complexity index is 643. The highest BCUT2D eigenvalue weighted by atomic mass is 32.1. The molecular weight excluding hydrogens is 298 g/mol. The smallest absolute Gasteiger partial charge is 0.316 e. The molecule has 1 aliphatic heterocycles. The number of amides is 3. The van der Waals surface area contributed by atoms with Crippen LogP contribution in [0.3, 0.4) is 0 Å². The number of hydrogen-bond donors (Lipinski definition) is 2. The Morgan fingerprint density at radius 3 is 2.68 bits per heavy atom. The molecule has 1 aromatic carbocycles. The second-order valence-corrected chi connectivity index (χ2v) is 5.94. The molecule has 3 rings (SSSR count). The van der Waals surface area contributed by atoms with E-state index in [1.54, 1.807) is 40.5 Å². The highest BCUT2D eigenvalue weighted by molar-refractivity contribution is 7.07. The van der Waals surface area contributed by atoms with E-state index in [1.165, 1.54) is 0 Å². The average molecular weight is 315 g/mol. The van der Waals surface area contributed by atoms with Gasteiger partial charge in [-0.05, 0) is 47.4 Å². The fraction of sp³-hybridized carbons (Fsp3) is 0.250. The molecule has 0 bridgehead atoms. The van der Waals surface area contributed by atoms with Crippen molar-refractivity contribution in [1.29, 1.82) is 0 Å². The fourth-order valence-corrected chi connectivity index (χ4v) is 3.37. The molecule has 0 unspecified atom stereocenters. The molecule has 114 valence electrons. The van der Waals surface area contributed by atoms with Gasteiger partial charge in [-0.15, -0.1) is 0 Å². The lowest BCUT2D eigenvalue weighted by molar-refractivity contribution is 0.0929. The van der Waals surface area contributed by atoms with Crippen LogP contribution in [0.1, 0.15) is 34.8 Å². The van der Waals surface area contributed by atoms with Crippen molar-refractivity contribution in [2.24, 2.45) is 0 Å². The summed E-state index contributed by atoms with van der Waals surface area (Å²) in [7, 11) is 0. The highest BCUT2D eigenvalue weighted by Crippen LogP contribution is 2.32. The Morgan fingerprint density at radius 2 is 1.95 bits per heavy atom. The molecule has 2 aromatic rings. The van der Waals surface area contributed by atoms with Crippen molar-refractivity contribution >= 4 is 23.3 Å². The molecule has 0 aliphatic carbocycles. The van der Waals surface area contributed by atoms with Gasteiger partial charge in [0.25, 0.3) is 5.91 Å². The summed E-state index contributed by atoms with van der Waals surface area (Å²) in [5.41, 5.74) is 6.64. The lowest BCUT2D eigenvalue weighted by atomic mass is 10.1. The van der Waals surface area contributed by atoms with Crippen LogP contribution in [0.15, 0.2) is 47.2 Å². The molecule has 22 heavy (non-hydrogen) atoms. The van der Waals surface area contributed by atoms with Gasteiger partial charge in [-0.2, -0.15) is 11.3 Å². The third-order valence-electron chi connectivity index (χ3n) is 3.76. The second-order valence-electron chi connectivity index (χ2n) is 5.16. The van der Waals surface area contributed by atoms with Crippen molar-refractivity contribution < 1.29 is 9.59 Å². The van der Waals surface area contributed by atoms with Gasteiger partial charge in [-0.25, -0.2) is 10.2 Å². The number of nitrogens with one attached hydrogen (secondary N) is 2. The number of carbonyl (C=O) groups is 2. The first-order valence-corrected chi connectivity index (χ1v) is 8.14. The van der Waals surface area contributed by atoms with Gasteiger partial charge >= 0.3 is 6.03 Å². The largest absolute Gasteiger partial charge is 0.336 e. The third-order valence-corrected chi connectivity index (χ3v) is 4.46. The molecule has 6 heteroatoms. The minimum absolute atomic E-state index is 0.0971. The second kappa shape index (κ2) is 6.62. The molecule has 1 fully saturated rings. The Balaban J connectivity index is 1.59. The summed E-state index contributed by atoms with van der Waals surface area (Å²) >= 11 is 1.63. The number of urea groups is 1. The topological polar surface area (TPSA) is 61.4 Å². The maximum Gasteiger partial charge on any atom is 0.336 e. The van der Waals surface area contributed by atoms with Crippen molar-refractivity contribution in [1.82, 2.24) is 15.8 Å². The Hall–Kier alpha value is -2.34. The van der Waals surface area contributed by atoms with E-state index in [2.05, 4.69) is 16.2 Å². The van der Waals surface area contributed by atoms with E-state index >= 15 is 0 Å². The monoisotopic (exact) mass is 315 g/mol. The molecule has 1 saturated heterocycles. The molecule has 0 saturated carbocycles. The number of benzene rings is 1. The lowest BCUT2D eigenvalue weighted by Gasteiger charge is -2.24. The van der Waals surface area contributed by atoms with Crippen molar-refractivity contribution in [2.75, 3.05) is 6.54 Å². The van der Waals surface area contributed by atoms with Crippen molar-refractivity contribution in [3.05, 3.63) is 58.3 Å². The standard InChI is InChI=1S/C16H17N3O2S/c20-15(12-5-2-1-3-6-12)17-18-16(21)19-9-4-7-14(19)13-8-10-22-11-13/h1-3,5-6,8,10-11,14H,4,7,9H2,(H,17,20)(H,18,21)/t14-/m0/s1. The third kappa shape index (κ3) is 3.12. The lowest BCUT2D eigenvalue weighted by Crippen LogP contribution is -2.48. The number of hydrazine groups is 1. The predicted octanol–water partition coefficient (Wildman–Crippen LogP) is 2.94. The Kier molecular flexibility index (Phi) is 4.39. The van der Waals surface area contributed by atoms with E-state index in [4.69, 9.17) is 0 Å². The first-order valence-electron chi connectivity index (χ1n) is 7.20. The van der Waals surface area contributed by atoms with E-state index < -0.39 is 0 Å². The molecule has 1 aliphatic rings. The number of likely N-dealkylation sites (tertiary alicyclic amines) is 1. The van der Waals surface area contributed by atoms with Crippen LogP contribution in [0.4, 0.5) is 4.79 Å². The van der Waals surface area contributed by atoms with E-state index in [0.29, 0.717) is 12.1 Å². The minimum Gasteiger partial charge on any atom is -0.316 e. The molecule has 0 spiro atoms. The molecule has 1 aromatic heterocycles. The van der Waals surface area contributed by atoms with Crippen LogP contribution in [0.25, 0.3) is 0 Å². The van der Waals surface area contributed by atoms with Crippen LogP contribution in [0.2, 0.25) is 0 Å². The molecule has 5 nitrogen and oxygen atoms in total. The molecule has 1 atom stereocenters. The maximum absolute atomic E-state index is 12.3. The normalized spacial score (nSPS) is 17.3. The predicted molar refractivity (Wildman–Crippen MR) is 85.4 cm³/mol. The summed E-state index contributed by atoms with van der Waals surface area (Å²) in [5, 5.41) is 4.08. The zero-order valence-corrected chi connectivity index (χ0v) is 12.8. The first kappa shape index (κ1) is 14.6. The van der Waals surface area contributed by atoms with E-state index in [-0.39, 0.29) is 18.0 Å². The van der Waals surface area contributed by atoms with Gasteiger partial charge in [-0.1, -0.05) is 18.2 Å². The molecule has 2 N–H and O–H groups in total. The van der Waals surface area contributed by atoms with Crippen LogP contribution >= 0.6 is 11.3 Å². The van der Waals surface area contributed by atoms with Crippen LogP contribution in [-0.2, 0) is 0 Å². The number of nitrogens with zero attached hydrogens (tertiary/aromatic N) is 1. The molecular formula is C16H17N3O2S. The number of thiophene rings is 1. The Morgan fingerprint density at radius 1 is 1.14 bits per heavy atom. The average Bonchev–Trinajstić information content (AvgIpc) is 3.23. The summed E-state index contributed by atoms with van der Waals surface area (Å²) in [6.07, 6.45) is 1.93. The van der Waals surface area contributed by atoms with Crippen molar-refractivity contribution in [3.63, 3.8) is 0 Å². The Labute approximate surface area is 132 Å². The zero-order valence-electron chi connectivity index (χ0n) is 12.0. The zero-order chi connectivity index (χ0) is 15.4. The van der Waals surface area contributed by atoms with Gasteiger partial charge in [-0.3, -0.25) is 10.2 Å². The minimum atomic E-state index is -0.319. The molecule has 0 radical (unpaired) electrons. The van der Waals surface area contributed by atoms with Crippen LogP contribution in [0.5, 0.6) is 0 Å². The van der Waals surface area contributed by atoms with Crippen LogP contribution in [-0.4, -0.2) is 23.4 Å².